The number of aromatic nitrogens is 2. The van der Waals surface area contributed by atoms with Gasteiger partial charge in [0, 0.05) is 5.56 Å². The minimum absolute atomic E-state index is 0.0308. The first kappa shape index (κ1) is 20.3. The quantitative estimate of drug-likeness (QED) is 0.609. The van der Waals surface area contributed by atoms with Crippen LogP contribution in [0.15, 0.2) is 34.7 Å². The van der Waals surface area contributed by atoms with Gasteiger partial charge in [0.15, 0.2) is 23.0 Å². The monoisotopic (exact) mass is 418 g/mol. The number of nitrogens with zero attached hydrogens (tertiary/aromatic N) is 2. The van der Waals surface area contributed by atoms with Crippen molar-refractivity contribution in [2.45, 2.75) is 0 Å². The third-order valence-electron chi connectivity index (χ3n) is 4.04. The zero-order valence-corrected chi connectivity index (χ0v) is 17.0. The molecule has 1 aromatic heterocycles. The smallest absolute Gasteiger partial charge is 0.259 e. The van der Waals surface area contributed by atoms with E-state index in [1.807, 2.05) is 0 Å². The van der Waals surface area contributed by atoms with Crippen molar-refractivity contribution in [3.05, 3.63) is 41.8 Å². The Morgan fingerprint density at radius 2 is 1.59 bits per heavy atom. The zero-order valence-electron chi connectivity index (χ0n) is 16.2. The third-order valence-corrected chi connectivity index (χ3v) is 4.31. The topological polar surface area (TPSA) is 96.1 Å². The Bertz CT molecular complexity index is 1020. The maximum atomic E-state index is 9.69. The Hall–Kier alpha value is -3.39. The van der Waals surface area contributed by atoms with Crippen molar-refractivity contribution in [2.75, 3.05) is 28.4 Å². The van der Waals surface area contributed by atoms with Crippen molar-refractivity contribution in [1.82, 2.24) is 10.2 Å². The SMILES string of the molecule is COc1cc(/C=C(\Cl)c2nnc(-c3cc(OC)c(OC)c(OC)c3)o2)ccc1O. The molecule has 0 amide bonds. The number of phenols is 1. The standard InChI is InChI=1S/C20H19ClN2O6/c1-25-15-8-11(5-6-14(15)24)7-13(21)20-23-22-19(29-20)12-9-16(26-2)18(28-4)17(10-12)27-3/h5-10,24H,1-4H3/b13-7-. The number of ether oxygens (including phenoxy) is 4. The van der Waals surface area contributed by atoms with Crippen LogP contribution in [0.1, 0.15) is 11.5 Å². The lowest BCUT2D eigenvalue weighted by molar-refractivity contribution is 0.324. The lowest BCUT2D eigenvalue weighted by Crippen LogP contribution is -1.95. The number of methoxy groups -OCH3 is 4. The van der Waals surface area contributed by atoms with E-state index in [1.54, 1.807) is 30.3 Å². The average molecular weight is 419 g/mol. The van der Waals surface area contributed by atoms with Gasteiger partial charge in [-0.1, -0.05) is 17.7 Å². The van der Waals surface area contributed by atoms with Crippen molar-refractivity contribution in [2.24, 2.45) is 0 Å². The molecular formula is C20H19ClN2O6. The first-order valence-electron chi connectivity index (χ1n) is 8.39. The summed E-state index contributed by atoms with van der Waals surface area (Å²) in [5.41, 5.74) is 1.27. The van der Waals surface area contributed by atoms with E-state index in [9.17, 15) is 5.11 Å². The Morgan fingerprint density at radius 1 is 0.931 bits per heavy atom. The summed E-state index contributed by atoms with van der Waals surface area (Å²) in [7, 11) is 6.03. The number of halogens is 1. The summed E-state index contributed by atoms with van der Waals surface area (Å²) in [6.07, 6.45) is 1.62. The molecule has 9 heteroatoms. The molecule has 1 heterocycles. The molecule has 0 radical (unpaired) electrons. The molecule has 0 saturated heterocycles. The molecule has 8 nitrogen and oxygen atoms in total. The first-order chi connectivity index (χ1) is 14.0. The fourth-order valence-corrected chi connectivity index (χ4v) is 2.84. The van der Waals surface area contributed by atoms with E-state index in [4.69, 9.17) is 35.0 Å². The van der Waals surface area contributed by atoms with Gasteiger partial charge in [0.2, 0.25) is 11.6 Å². The largest absolute Gasteiger partial charge is 0.504 e. The van der Waals surface area contributed by atoms with Crippen LogP contribution >= 0.6 is 11.6 Å². The van der Waals surface area contributed by atoms with E-state index in [2.05, 4.69) is 10.2 Å². The van der Waals surface area contributed by atoms with Gasteiger partial charge >= 0.3 is 0 Å². The van der Waals surface area contributed by atoms with E-state index in [-0.39, 0.29) is 22.6 Å². The van der Waals surface area contributed by atoms with Crippen molar-refractivity contribution in [1.29, 1.82) is 0 Å². The Morgan fingerprint density at radius 3 is 2.17 bits per heavy atom. The molecule has 0 saturated carbocycles. The van der Waals surface area contributed by atoms with Gasteiger partial charge in [0.1, 0.15) is 5.03 Å². The van der Waals surface area contributed by atoms with Gasteiger partial charge in [0.25, 0.3) is 5.89 Å². The van der Waals surface area contributed by atoms with E-state index in [0.717, 1.165) is 0 Å². The van der Waals surface area contributed by atoms with Crippen LogP contribution in [0.3, 0.4) is 0 Å². The highest BCUT2D eigenvalue weighted by Crippen LogP contribution is 2.41. The van der Waals surface area contributed by atoms with Crippen LogP contribution in [0.4, 0.5) is 0 Å². The highest BCUT2D eigenvalue weighted by Gasteiger charge is 2.18. The van der Waals surface area contributed by atoms with Crippen molar-refractivity contribution in [3.63, 3.8) is 0 Å². The summed E-state index contributed by atoms with van der Waals surface area (Å²) < 4.78 is 26.8. The maximum Gasteiger partial charge on any atom is 0.259 e. The zero-order chi connectivity index (χ0) is 21.0. The summed E-state index contributed by atoms with van der Waals surface area (Å²) in [6, 6.07) is 8.21. The molecule has 0 unspecified atom stereocenters. The summed E-state index contributed by atoms with van der Waals surface area (Å²) in [5.74, 6) is 2.09. The number of hydrogen-bond donors (Lipinski definition) is 1. The molecule has 0 aliphatic carbocycles. The number of benzene rings is 2. The van der Waals surface area contributed by atoms with Gasteiger partial charge in [0.05, 0.1) is 28.4 Å². The highest BCUT2D eigenvalue weighted by atomic mass is 35.5. The molecule has 0 spiro atoms. The molecule has 29 heavy (non-hydrogen) atoms. The second-order valence-corrected chi connectivity index (χ2v) is 6.16. The van der Waals surface area contributed by atoms with Crippen molar-refractivity contribution < 1.29 is 28.5 Å². The Kier molecular flexibility index (Phi) is 6.13. The van der Waals surface area contributed by atoms with Gasteiger partial charge in [-0.25, -0.2) is 0 Å². The molecule has 152 valence electrons. The predicted molar refractivity (Wildman–Crippen MR) is 108 cm³/mol. The third kappa shape index (κ3) is 4.22. The minimum Gasteiger partial charge on any atom is -0.504 e. The Balaban J connectivity index is 1.94. The van der Waals surface area contributed by atoms with E-state index < -0.39 is 0 Å². The second kappa shape index (κ2) is 8.74. The summed E-state index contributed by atoms with van der Waals surface area (Å²) in [6.45, 7) is 0. The van der Waals surface area contributed by atoms with Gasteiger partial charge in [-0.05, 0) is 35.9 Å². The van der Waals surface area contributed by atoms with Gasteiger partial charge in [-0.3, -0.25) is 0 Å². The number of rotatable bonds is 7. The average Bonchev–Trinajstić information content (AvgIpc) is 3.24. The van der Waals surface area contributed by atoms with Gasteiger partial charge in [-0.15, -0.1) is 10.2 Å². The van der Waals surface area contributed by atoms with E-state index >= 15 is 0 Å². The Labute approximate surface area is 172 Å². The molecule has 0 fully saturated rings. The number of hydrogen-bond acceptors (Lipinski definition) is 8. The first-order valence-corrected chi connectivity index (χ1v) is 8.77. The second-order valence-electron chi connectivity index (χ2n) is 5.75. The fraction of sp³-hybridized carbons (Fsp3) is 0.200. The maximum absolute atomic E-state index is 9.69. The molecule has 1 N–H and O–H groups in total. The molecule has 0 aliphatic rings. The molecular weight excluding hydrogens is 400 g/mol. The minimum atomic E-state index is 0.0308. The molecule has 2 aromatic carbocycles. The molecule has 3 aromatic rings. The van der Waals surface area contributed by atoms with Gasteiger partial charge in [-0.2, -0.15) is 0 Å². The van der Waals surface area contributed by atoms with Crippen LogP contribution in [-0.2, 0) is 0 Å². The van der Waals surface area contributed by atoms with Crippen molar-refractivity contribution >= 4 is 22.7 Å². The lowest BCUT2D eigenvalue weighted by atomic mass is 10.2. The normalized spacial score (nSPS) is 11.3. The van der Waals surface area contributed by atoms with Crippen LogP contribution in [0, 0.1) is 0 Å². The number of aromatic hydroxyl groups is 1. The van der Waals surface area contributed by atoms with Crippen LogP contribution in [0.2, 0.25) is 0 Å². The molecule has 0 aliphatic heterocycles. The fourth-order valence-electron chi connectivity index (χ4n) is 2.63. The summed E-state index contributed by atoms with van der Waals surface area (Å²) in [4.78, 5) is 0. The summed E-state index contributed by atoms with van der Waals surface area (Å²) in [5, 5.41) is 18.0. The van der Waals surface area contributed by atoms with Crippen LogP contribution < -0.4 is 18.9 Å². The van der Waals surface area contributed by atoms with Crippen LogP contribution in [0.25, 0.3) is 22.6 Å². The summed E-state index contributed by atoms with van der Waals surface area (Å²) >= 11 is 6.33. The van der Waals surface area contributed by atoms with Gasteiger partial charge < -0.3 is 28.5 Å². The highest BCUT2D eigenvalue weighted by molar-refractivity contribution is 6.50. The predicted octanol–water partition coefficient (Wildman–Crippen LogP) is 4.21. The van der Waals surface area contributed by atoms with Crippen LogP contribution in [-0.4, -0.2) is 43.7 Å². The van der Waals surface area contributed by atoms with E-state index in [0.29, 0.717) is 34.1 Å². The van der Waals surface area contributed by atoms with E-state index in [1.165, 1.54) is 34.5 Å². The molecule has 3 rings (SSSR count). The van der Waals surface area contributed by atoms with Crippen LogP contribution in [0.5, 0.6) is 28.7 Å². The molecule has 0 atom stereocenters. The number of phenolic OH excluding ortho intramolecular Hbond substituents is 1. The van der Waals surface area contributed by atoms with Crippen molar-refractivity contribution in [3.8, 4) is 40.2 Å². The molecule has 0 bridgehead atoms. The lowest BCUT2D eigenvalue weighted by Gasteiger charge is -2.12.